The van der Waals surface area contributed by atoms with Gasteiger partial charge in [0.1, 0.15) is 13.2 Å². The van der Waals surface area contributed by atoms with E-state index < -0.39 is 13.0 Å². The van der Waals surface area contributed by atoms with Crippen LogP contribution in [0.1, 0.15) is 13.8 Å². The molecule has 0 atom stereocenters. The fourth-order valence-electron chi connectivity index (χ4n) is 0.662. The van der Waals surface area contributed by atoms with Crippen LogP contribution < -0.4 is 17.0 Å². The summed E-state index contributed by atoms with van der Waals surface area (Å²) in [6, 6.07) is 0. The predicted octanol–water partition coefficient (Wildman–Crippen LogP) is -1.44. The molecule has 0 bridgehead atoms. The van der Waals surface area contributed by atoms with Gasteiger partial charge in [0.2, 0.25) is 6.80 Å². The molecule has 0 amide bonds. The lowest BCUT2D eigenvalue weighted by Gasteiger charge is -2.25. The number of quaternary nitrogens is 1. The third-order valence-corrected chi connectivity index (χ3v) is 1.57. The summed E-state index contributed by atoms with van der Waals surface area (Å²) >= 11 is 0. The molecule has 0 aromatic carbocycles. The second-order valence-corrected chi connectivity index (χ2v) is 4.04. The molecule has 92 valence electrons. The van der Waals surface area contributed by atoms with Crippen LogP contribution in [0.4, 0.5) is 9.18 Å². The van der Waals surface area contributed by atoms with Crippen molar-refractivity contribution in [3.05, 3.63) is 0 Å². The molecule has 0 unspecified atom stereocenters. The van der Waals surface area contributed by atoms with Gasteiger partial charge >= 0.3 is 6.16 Å². The van der Waals surface area contributed by atoms with Crippen LogP contribution in [-0.4, -0.2) is 50.8 Å². The number of alkyl halides is 1. The second-order valence-electron chi connectivity index (χ2n) is 4.04. The molecule has 0 saturated heterocycles. The minimum Gasteiger partial charge on any atom is -1.00 e. The number of halogens is 2. The van der Waals surface area contributed by atoms with Crippen LogP contribution in [0.25, 0.3) is 0 Å². The number of hydrogen-bond acceptors (Lipinski definition) is 3. The van der Waals surface area contributed by atoms with Crippen molar-refractivity contribution in [2.75, 3.05) is 34.0 Å². The Balaban J connectivity index is 0. The fraction of sp³-hybridized carbons (Fsp3) is 0.889. The molecule has 0 N–H and O–H groups in total. The zero-order chi connectivity index (χ0) is 11.2. The monoisotopic (exact) mass is 287 g/mol. The number of ether oxygens (including phenoxy) is 2. The molecule has 0 spiro atoms. The lowest BCUT2D eigenvalue weighted by atomic mass is 10.5. The summed E-state index contributed by atoms with van der Waals surface area (Å²) < 4.78 is 22.0. The zero-order valence-electron chi connectivity index (χ0n) is 9.63. The number of rotatable bonds is 5. The topological polar surface area (TPSA) is 35.5 Å². The van der Waals surface area contributed by atoms with E-state index in [9.17, 15) is 9.18 Å². The van der Waals surface area contributed by atoms with E-state index in [0.717, 1.165) is 0 Å². The molecule has 15 heavy (non-hydrogen) atoms. The molecule has 0 aromatic rings. The number of nitrogens with zero attached hydrogens (tertiary/aromatic N) is 1. The van der Waals surface area contributed by atoms with Crippen LogP contribution >= 0.6 is 0 Å². The van der Waals surface area contributed by atoms with E-state index in [-0.39, 0.29) is 34.2 Å². The Labute approximate surface area is 101 Å². The maximum atomic E-state index is 12.3. The van der Waals surface area contributed by atoms with Crippen molar-refractivity contribution >= 4 is 6.16 Å². The number of carbonyl (C=O) groups is 1. The Hall–Kier alpha value is -0.360. The molecule has 0 radical (unpaired) electrons. The van der Waals surface area contributed by atoms with Gasteiger partial charge in [0.15, 0.2) is 0 Å². The van der Waals surface area contributed by atoms with E-state index in [1.807, 2.05) is 0 Å². The summed E-state index contributed by atoms with van der Waals surface area (Å²) in [6.45, 7) is 3.60. The molecule has 0 aliphatic carbocycles. The van der Waals surface area contributed by atoms with Crippen LogP contribution in [0, 0.1) is 0 Å². The average Bonchev–Trinajstić information content (AvgIpc) is 2.02. The molecule has 4 nitrogen and oxygen atoms in total. The van der Waals surface area contributed by atoms with Gasteiger partial charge in [0.05, 0.1) is 20.2 Å². The van der Waals surface area contributed by atoms with Crippen LogP contribution in [0.5, 0.6) is 0 Å². The average molecular weight is 288 g/mol. The van der Waals surface area contributed by atoms with Gasteiger partial charge < -0.3 is 26.5 Å². The molecular weight excluding hydrogens is 269 g/mol. The summed E-state index contributed by atoms with van der Waals surface area (Å²) in [5, 5.41) is 0. The van der Waals surface area contributed by atoms with E-state index in [2.05, 4.69) is 0 Å². The highest BCUT2D eigenvalue weighted by Gasteiger charge is 2.15. The number of hydrogen-bond donors (Lipinski definition) is 0. The van der Waals surface area contributed by atoms with E-state index >= 15 is 0 Å². The van der Waals surface area contributed by atoms with Crippen LogP contribution in [0.3, 0.4) is 0 Å². The third kappa shape index (κ3) is 9.93. The minimum absolute atomic E-state index is 0. The van der Waals surface area contributed by atoms with Gasteiger partial charge in [-0.05, 0) is 13.8 Å². The third-order valence-electron chi connectivity index (χ3n) is 1.57. The van der Waals surface area contributed by atoms with Crippen LogP contribution in [0.2, 0.25) is 0 Å². The Kier molecular flexibility index (Phi) is 8.95. The molecule has 0 rings (SSSR count). The summed E-state index contributed by atoms with van der Waals surface area (Å²) in [6.07, 6.45) is -0.884. The van der Waals surface area contributed by atoms with Gasteiger partial charge in [0, 0.05) is 0 Å². The van der Waals surface area contributed by atoms with Crippen molar-refractivity contribution in [1.82, 2.24) is 0 Å². The first kappa shape index (κ1) is 17.0. The largest absolute Gasteiger partial charge is 1.00 e. The van der Waals surface area contributed by atoms with Crippen molar-refractivity contribution in [3.8, 4) is 0 Å². The molecule has 0 heterocycles. The zero-order valence-corrected chi connectivity index (χ0v) is 11.2. The van der Waals surface area contributed by atoms with Gasteiger partial charge in [-0.15, -0.1) is 0 Å². The quantitative estimate of drug-likeness (QED) is 0.353. The van der Waals surface area contributed by atoms with Gasteiger partial charge in [-0.1, -0.05) is 0 Å². The standard InChI is InChI=1S/C9H19FNO3.BrH/c1-8(2)14-9(12)13-6-5-11(3,4)7-10;/h8H,5-7H2,1-4H3;1H/q+1;/p-1. The van der Waals surface area contributed by atoms with Gasteiger partial charge in [0.25, 0.3) is 0 Å². The summed E-state index contributed by atoms with van der Waals surface area (Å²) in [5.74, 6) is 0. The molecule has 0 aromatic heterocycles. The lowest BCUT2D eigenvalue weighted by molar-refractivity contribution is -0.902. The SMILES string of the molecule is CC(C)OC(=O)OCC[N+](C)(C)CF.[Br-]. The van der Waals surface area contributed by atoms with Crippen LogP contribution in [-0.2, 0) is 9.47 Å². The van der Waals surface area contributed by atoms with Crippen molar-refractivity contribution in [3.63, 3.8) is 0 Å². The van der Waals surface area contributed by atoms with Crippen molar-refractivity contribution < 1.29 is 40.1 Å². The Morgan fingerprint density at radius 3 is 2.33 bits per heavy atom. The molecule has 0 saturated carbocycles. The van der Waals surface area contributed by atoms with Gasteiger partial charge in [-0.3, -0.25) is 4.48 Å². The predicted molar refractivity (Wildman–Crippen MR) is 50.5 cm³/mol. The van der Waals surface area contributed by atoms with E-state index in [4.69, 9.17) is 9.47 Å². The Morgan fingerprint density at radius 2 is 1.93 bits per heavy atom. The maximum absolute atomic E-state index is 12.3. The summed E-state index contributed by atoms with van der Waals surface area (Å²) in [4.78, 5) is 10.9. The van der Waals surface area contributed by atoms with Crippen molar-refractivity contribution in [1.29, 1.82) is 0 Å². The van der Waals surface area contributed by atoms with Crippen LogP contribution in [0.15, 0.2) is 0 Å². The van der Waals surface area contributed by atoms with Crippen molar-refractivity contribution in [2.45, 2.75) is 20.0 Å². The fourth-order valence-corrected chi connectivity index (χ4v) is 0.662. The maximum Gasteiger partial charge on any atom is 0.508 e. The minimum atomic E-state index is -0.696. The van der Waals surface area contributed by atoms with Gasteiger partial charge in [-0.2, -0.15) is 4.39 Å². The van der Waals surface area contributed by atoms with E-state index in [1.54, 1.807) is 27.9 Å². The number of likely N-dealkylation sites (N-methyl/N-ethyl adjacent to an activating group) is 1. The van der Waals surface area contributed by atoms with Crippen molar-refractivity contribution in [2.24, 2.45) is 0 Å². The Morgan fingerprint density at radius 1 is 1.40 bits per heavy atom. The normalized spacial score (nSPS) is 10.8. The Bertz CT molecular complexity index is 188. The molecule has 6 heteroatoms. The summed E-state index contributed by atoms with van der Waals surface area (Å²) in [5.41, 5.74) is 0. The summed E-state index contributed by atoms with van der Waals surface area (Å²) in [7, 11) is 3.44. The smallest absolute Gasteiger partial charge is 0.508 e. The molecule has 0 aliphatic rings. The highest BCUT2D eigenvalue weighted by Crippen LogP contribution is 1.98. The first-order valence-electron chi connectivity index (χ1n) is 4.59. The van der Waals surface area contributed by atoms with E-state index in [0.29, 0.717) is 6.54 Å². The highest BCUT2D eigenvalue weighted by atomic mass is 79.9. The van der Waals surface area contributed by atoms with Gasteiger partial charge in [-0.25, -0.2) is 4.79 Å². The second kappa shape index (κ2) is 7.87. The molecular formula is C9H19BrFNO3. The van der Waals surface area contributed by atoms with E-state index in [1.165, 1.54) is 0 Å². The highest BCUT2D eigenvalue weighted by molar-refractivity contribution is 5.59. The first-order valence-corrected chi connectivity index (χ1v) is 4.59. The first-order chi connectivity index (χ1) is 6.37. The number of carbonyl (C=O) groups excluding carboxylic acids is 1. The molecule has 0 fully saturated rings. The lowest BCUT2D eigenvalue weighted by Crippen LogP contribution is -3.00. The molecule has 0 aliphatic heterocycles.